The van der Waals surface area contributed by atoms with Crippen LogP contribution in [0.25, 0.3) is 0 Å². The van der Waals surface area contributed by atoms with Crippen molar-refractivity contribution in [2.24, 2.45) is 5.92 Å². The van der Waals surface area contributed by atoms with Crippen LogP contribution < -0.4 is 21.3 Å². The number of alkyl halides is 6. The SMILES string of the molecule is O=C(NCc1ccc(S(=O)(=O)N2CCCC(NCc3ccc(C(F)(F)F)cc3)C2)s1)c1ccc(Cl)cc1.O=C(NCc1ccc(S(=O)(=O)N2CC[C@H](CNCc3ccc(C(F)(F)F)cc3)C2)s1)c1ccc(Cl)cc1. The van der Waals surface area contributed by atoms with Crippen LogP contribution in [0.3, 0.4) is 0 Å². The summed E-state index contributed by atoms with van der Waals surface area (Å²) in [6, 6.07) is 29.2. The van der Waals surface area contributed by atoms with Crippen LogP contribution >= 0.6 is 45.9 Å². The molecule has 2 aliphatic rings. The molecule has 12 nitrogen and oxygen atoms in total. The summed E-state index contributed by atoms with van der Waals surface area (Å²) in [5, 5.41) is 13.1. The van der Waals surface area contributed by atoms with Crippen LogP contribution in [0.4, 0.5) is 26.3 Å². The summed E-state index contributed by atoms with van der Waals surface area (Å²) in [4.78, 5) is 26.0. The molecule has 2 atom stereocenters. The zero-order chi connectivity index (χ0) is 53.3. The zero-order valence-corrected chi connectivity index (χ0v) is 44.0. The highest BCUT2D eigenvalue weighted by Gasteiger charge is 2.35. The molecule has 0 spiro atoms. The van der Waals surface area contributed by atoms with Gasteiger partial charge in [-0.05, 0) is 140 Å². The van der Waals surface area contributed by atoms with Crippen molar-refractivity contribution in [3.05, 3.63) is 175 Å². The molecule has 6 aromatic rings. The van der Waals surface area contributed by atoms with Crippen molar-refractivity contribution < 1.29 is 52.8 Å². The van der Waals surface area contributed by atoms with Gasteiger partial charge in [0.15, 0.2) is 0 Å². The van der Waals surface area contributed by atoms with Crippen molar-refractivity contribution in [2.45, 2.75) is 72.3 Å². The third-order valence-corrected chi connectivity index (χ3v) is 19.4. The van der Waals surface area contributed by atoms with E-state index < -0.39 is 43.5 Å². The van der Waals surface area contributed by atoms with E-state index in [1.54, 1.807) is 72.8 Å². The van der Waals surface area contributed by atoms with Gasteiger partial charge >= 0.3 is 12.4 Å². The van der Waals surface area contributed by atoms with E-state index in [2.05, 4.69) is 21.3 Å². The van der Waals surface area contributed by atoms with Crippen molar-refractivity contribution in [3.63, 3.8) is 0 Å². The Morgan fingerprint density at radius 1 is 0.554 bits per heavy atom. The van der Waals surface area contributed by atoms with Crippen LogP contribution in [0.2, 0.25) is 10.0 Å². The summed E-state index contributed by atoms with van der Waals surface area (Å²) >= 11 is 13.9. The molecule has 396 valence electrons. The lowest BCUT2D eigenvalue weighted by Gasteiger charge is -2.32. The lowest BCUT2D eigenvalue weighted by molar-refractivity contribution is -0.138. The van der Waals surface area contributed by atoms with Crippen LogP contribution in [-0.2, 0) is 58.6 Å². The molecule has 4 heterocycles. The Kier molecular flexibility index (Phi) is 19.1. The van der Waals surface area contributed by atoms with E-state index in [1.807, 2.05) is 0 Å². The fourth-order valence-electron chi connectivity index (χ4n) is 8.00. The first-order chi connectivity index (χ1) is 35.0. The minimum atomic E-state index is -4.38. The summed E-state index contributed by atoms with van der Waals surface area (Å²) in [7, 11) is -7.37. The average molecular weight is 1140 g/mol. The molecule has 8 rings (SSSR count). The first-order valence-electron chi connectivity index (χ1n) is 23.1. The molecule has 2 amide bonds. The summed E-state index contributed by atoms with van der Waals surface area (Å²) in [5.41, 5.74) is 0.946. The molecule has 2 fully saturated rings. The van der Waals surface area contributed by atoms with Gasteiger partial charge in [0.1, 0.15) is 8.42 Å². The molecule has 74 heavy (non-hydrogen) atoms. The first-order valence-corrected chi connectivity index (χ1v) is 28.3. The van der Waals surface area contributed by atoms with Gasteiger partial charge in [-0.25, -0.2) is 16.8 Å². The lowest BCUT2D eigenvalue weighted by Crippen LogP contribution is -2.47. The van der Waals surface area contributed by atoms with Crippen molar-refractivity contribution in [2.75, 3.05) is 32.7 Å². The number of benzene rings is 4. The van der Waals surface area contributed by atoms with Crippen molar-refractivity contribution in [1.29, 1.82) is 0 Å². The van der Waals surface area contributed by atoms with E-state index in [0.717, 1.165) is 63.8 Å². The fourth-order valence-corrected chi connectivity index (χ4v) is 14.2. The predicted molar refractivity (Wildman–Crippen MR) is 274 cm³/mol. The van der Waals surface area contributed by atoms with Gasteiger partial charge in [0.2, 0.25) is 0 Å². The van der Waals surface area contributed by atoms with Gasteiger partial charge in [-0.15, -0.1) is 22.7 Å². The standard InChI is InChI=1S/2C25H25ClF3N3O3S2/c26-21-7-3-19(4-8-21)24(33)31-15-22-9-10-23(36-22)37(34,35)32-12-11-18(16-32)14-30-13-17-1-5-20(6-2-17)25(27,28)29;26-20-9-5-18(6-10-20)24(33)31-15-22-11-12-23(36-22)37(34,35)32-13-1-2-21(16-32)30-14-17-3-7-19(8-4-17)25(27,28)29/h1-10,18,30H,11-16H2,(H,31,33);3-12,21,30H,1-2,13-16H2,(H,31,33)/t18-;/m1./s1. The van der Waals surface area contributed by atoms with E-state index in [9.17, 15) is 52.8 Å². The monoisotopic (exact) mass is 1140 g/mol. The summed E-state index contributed by atoms with van der Waals surface area (Å²) in [6.45, 7) is 3.12. The molecule has 2 saturated heterocycles. The molecular formula is C50H50Cl2F6N6O6S4. The van der Waals surface area contributed by atoms with Gasteiger partial charge in [-0.3, -0.25) is 9.59 Å². The highest BCUT2D eigenvalue weighted by atomic mass is 35.5. The molecule has 4 N–H and O–H groups in total. The molecular weight excluding hydrogens is 1090 g/mol. The lowest BCUT2D eigenvalue weighted by atomic mass is 10.1. The number of nitrogens with one attached hydrogen (secondary N) is 4. The maximum Gasteiger partial charge on any atom is 0.416 e. The van der Waals surface area contributed by atoms with Crippen molar-refractivity contribution in [3.8, 4) is 0 Å². The molecule has 2 aromatic heterocycles. The van der Waals surface area contributed by atoms with Crippen molar-refractivity contribution in [1.82, 2.24) is 29.9 Å². The Balaban J connectivity index is 0.000000216. The first kappa shape index (κ1) is 56.8. The number of carbonyl (C=O) groups is 2. The summed E-state index contributed by atoms with van der Waals surface area (Å²) in [6.07, 6.45) is -6.62. The van der Waals surface area contributed by atoms with Crippen LogP contribution in [0, 0.1) is 5.92 Å². The molecule has 0 aliphatic carbocycles. The predicted octanol–water partition coefficient (Wildman–Crippen LogP) is 10.4. The van der Waals surface area contributed by atoms with E-state index in [-0.39, 0.29) is 51.8 Å². The number of hydrogen-bond donors (Lipinski definition) is 4. The largest absolute Gasteiger partial charge is 0.416 e. The molecule has 0 saturated carbocycles. The Labute approximate surface area is 443 Å². The van der Waals surface area contributed by atoms with E-state index in [0.29, 0.717) is 83.7 Å². The fraction of sp³-hybridized carbons (Fsp3) is 0.320. The maximum atomic E-state index is 13.2. The molecule has 0 radical (unpaired) electrons. The smallest absolute Gasteiger partial charge is 0.347 e. The molecule has 2 aliphatic heterocycles. The van der Waals surface area contributed by atoms with Crippen LogP contribution in [0.1, 0.15) is 72.0 Å². The highest BCUT2D eigenvalue weighted by molar-refractivity contribution is 7.91. The van der Waals surface area contributed by atoms with E-state index in [1.165, 1.54) is 32.9 Å². The van der Waals surface area contributed by atoms with E-state index in [4.69, 9.17) is 23.2 Å². The summed E-state index contributed by atoms with van der Waals surface area (Å²) in [5.74, 6) is -0.463. The van der Waals surface area contributed by atoms with Crippen LogP contribution in [0.15, 0.2) is 130 Å². The van der Waals surface area contributed by atoms with Gasteiger partial charge in [0.05, 0.1) is 24.2 Å². The third-order valence-electron chi connectivity index (χ3n) is 12.1. The second-order valence-corrected chi connectivity index (χ2v) is 25.0. The highest BCUT2D eigenvalue weighted by Crippen LogP contribution is 2.32. The number of carbonyl (C=O) groups excluding carboxylic acids is 2. The van der Waals surface area contributed by atoms with Gasteiger partial charge in [0.25, 0.3) is 31.9 Å². The van der Waals surface area contributed by atoms with Gasteiger partial charge < -0.3 is 21.3 Å². The Hall–Kier alpha value is -4.88. The maximum absolute atomic E-state index is 13.2. The quantitative estimate of drug-likeness (QED) is 0.0658. The number of rotatable bonds is 17. The third kappa shape index (κ3) is 15.6. The normalized spacial score (nSPS) is 16.9. The van der Waals surface area contributed by atoms with Crippen molar-refractivity contribution >= 4 is 77.7 Å². The molecule has 1 unspecified atom stereocenters. The average Bonchev–Trinajstić information content (AvgIpc) is 4.18. The van der Waals surface area contributed by atoms with Gasteiger partial charge in [0, 0.05) is 76.2 Å². The number of sulfonamides is 2. The number of halogens is 8. The van der Waals surface area contributed by atoms with Gasteiger partial charge in [-0.1, -0.05) is 47.5 Å². The minimum absolute atomic E-state index is 0.0994. The molecule has 0 bridgehead atoms. The zero-order valence-electron chi connectivity index (χ0n) is 39.2. The second kappa shape index (κ2) is 24.9. The topological polar surface area (TPSA) is 157 Å². The van der Waals surface area contributed by atoms with Gasteiger partial charge in [-0.2, -0.15) is 35.0 Å². The number of thiophene rings is 2. The number of amides is 2. The number of nitrogens with zero attached hydrogens (tertiary/aromatic N) is 2. The Bertz CT molecular complexity index is 3070. The Morgan fingerprint density at radius 3 is 1.46 bits per heavy atom. The van der Waals surface area contributed by atoms with Crippen LogP contribution in [-0.4, -0.2) is 76.0 Å². The Morgan fingerprint density at radius 2 is 1.00 bits per heavy atom. The van der Waals surface area contributed by atoms with E-state index >= 15 is 0 Å². The second-order valence-electron chi connectivity index (χ2n) is 17.4. The molecule has 4 aromatic carbocycles. The number of piperidine rings is 1. The van der Waals surface area contributed by atoms with Crippen LogP contribution in [0.5, 0.6) is 0 Å². The minimum Gasteiger partial charge on any atom is -0.347 e. The number of hydrogen-bond acceptors (Lipinski definition) is 10. The summed E-state index contributed by atoms with van der Waals surface area (Å²) < 4.78 is 132. The molecule has 24 heteroatoms.